The van der Waals surface area contributed by atoms with Gasteiger partial charge in [0, 0.05) is 12.7 Å². The summed E-state index contributed by atoms with van der Waals surface area (Å²) < 4.78 is 5.35. The van der Waals surface area contributed by atoms with Crippen LogP contribution < -0.4 is 4.74 Å². The van der Waals surface area contributed by atoms with Crippen molar-refractivity contribution in [1.29, 1.82) is 0 Å². The van der Waals surface area contributed by atoms with Crippen LogP contribution in [0.4, 0.5) is 0 Å². The van der Waals surface area contributed by atoms with E-state index in [1.54, 1.807) is 6.20 Å². The minimum Gasteiger partial charge on any atom is -0.489 e. The van der Waals surface area contributed by atoms with Crippen molar-refractivity contribution in [2.24, 2.45) is 0 Å². The molecule has 1 aromatic rings. The van der Waals surface area contributed by atoms with Gasteiger partial charge in [-0.3, -0.25) is 4.98 Å². The second kappa shape index (κ2) is 5.57. The lowest BCUT2D eigenvalue weighted by Gasteiger charge is -2.13. The van der Waals surface area contributed by atoms with Crippen LogP contribution in [-0.4, -0.2) is 42.3 Å². The Morgan fingerprint density at radius 1 is 1.50 bits per heavy atom. The largest absolute Gasteiger partial charge is 0.489 e. The molecule has 0 aliphatic rings. The predicted octanol–water partition coefficient (Wildman–Crippen LogP) is 0.514. The van der Waals surface area contributed by atoms with Gasteiger partial charge in [-0.2, -0.15) is 0 Å². The van der Waals surface area contributed by atoms with E-state index in [-0.39, 0.29) is 6.61 Å². The second-order valence-corrected chi connectivity index (χ2v) is 3.26. The Morgan fingerprint density at radius 3 is 2.93 bits per heavy atom. The number of hydrogen-bond acceptors (Lipinski definition) is 4. The molecule has 4 heteroatoms. The molecule has 0 unspecified atom stereocenters. The topological polar surface area (TPSA) is 45.6 Å². The summed E-state index contributed by atoms with van der Waals surface area (Å²) in [6.07, 6.45) is 1.74. The van der Waals surface area contributed by atoms with Gasteiger partial charge in [-0.25, -0.2) is 0 Å². The number of aromatic nitrogens is 1. The summed E-state index contributed by atoms with van der Waals surface area (Å²) in [5.41, 5.74) is 0.894. The van der Waals surface area contributed by atoms with Crippen molar-refractivity contribution in [3.63, 3.8) is 0 Å². The summed E-state index contributed by atoms with van der Waals surface area (Å²) in [7, 11) is 3.95. The van der Waals surface area contributed by atoms with Crippen molar-refractivity contribution in [2.45, 2.75) is 6.54 Å². The summed E-state index contributed by atoms with van der Waals surface area (Å²) >= 11 is 0. The van der Waals surface area contributed by atoms with Gasteiger partial charge in [-0.05, 0) is 26.2 Å². The molecule has 1 N–H and O–H groups in total. The molecule has 0 fully saturated rings. The summed E-state index contributed by atoms with van der Waals surface area (Å²) in [6.45, 7) is 1.07. The Bertz CT molecular complexity index is 277. The maximum Gasteiger partial charge on any atom is 0.142 e. The molecule has 1 heterocycles. The molecular formula is C10H16N2O2. The van der Waals surface area contributed by atoms with E-state index in [1.807, 2.05) is 31.1 Å². The third-order valence-electron chi connectivity index (χ3n) is 1.66. The molecule has 0 saturated carbocycles. The highest BCUT2D eigenvalue weighted by Gasteiger charge is 2.04. The Morgan fingerprint density at radius 2 is 2.29 bits per heavy atom. The highest BCUT2D eigenvalue weighted by molar-refractivity contribution is 5.26. The van der Waals surface area contributed by atoms with Crippen molar-refractivity contribution in [3.05, 3.63) is 24.0 Å². The molecule has 0 bridgehead atoms. The van der Waals surface area contributed by atoms with Crippen molar-refractivity contribution in [2.75, 3.05) is 27.3 Å². The monoisotopic (exact) mass is 196 g/mol. The standard InChI is InChI=1S/C10H16N2O2/c1-12(2)8-9-10(14-7-6-13)4-3-5-11-9/h3-5,13H,6-8H2,1-2H3. The maximum atomic E-state index is 8.64. The van der Waals surface area contributed by atoms with Crippen LogP contribution >= 0.6 is 0 Å². The van der Waals surface area contributed by atoms with Gasteiger partial charge >= 0.3 is 0 Å². The summed E-state index contributed by atoms with van der Waals surface area (Å²) in [5, 5.41) is 8.64. The molecule has 78 valence electrons. The van der Waals surface area contributed by atoms with Gasteiger partial charge in [0.05, 0.1) is 12.3 Å². The fourth-order valence-electron chi connectivity index (χ4n) is 1.13. The summed E-state index contributed by atoms with van der Waals surface area (Å²) in [6, 6.07) is 3.69. The number of ether oxygens (including phenoxy) is 1. The van der Waals surface area contributed by atoms with Gasteiger partial charge < -0.3 is 14.7 Å². The lowest BCUT2D eigenvalue weighted by Crippen LogP contribution is -2.14. The normalized spacial score (nSPS) is 10.6. The van der Waals surface area contributed by atoms with Gasteiger partial charge in [-0.1, -0.05) is 0 Å². The average Bonchev–Trinajstić information content (AvgIpc) is 2.16. The molecule has 0 radical (unpaired) electrons. The van der Waals surface area contributed by atoms with Crippen LogP contribution in [0.2, 0.25) is 0 Å². The van der Waals surface area contributed by atoms with E-state index in [9.17, 15) is 0 Å². The number of hydrogen-bond donors (Lipinski definition) is 1. The van der Waals surface area contributed by atoms with Crippen LogP contribution in [0, 0.1) is 0 Å². The van der Waals surface area contributed by atoms with Crippen LogP contribution in [0.3, 0.4) is 0 Å². The molecule has 1 aromatic heterocycles. The first-order valence-corrected chi connectivity index (χ1v) is 4.56. The van der Waals surface area contributed by atoms with Crippen molar-refractivity contribution in [1.82, 2.24) is 9.88 Å². The van der Waals surface area contributed by atoms with Crippen molar-refractivity contribution in [3.8, 4) is 5.75 Å². The third kappa shape index (κ3) is 3.32. The highest BCUT2D eigenvalue weighted by atomic mass is 16.5. The van der Waals surface area contributed by atoms with E-state index in [1.165, 1.54) is 0 Å². The van der Waals surface area contributed by atoms with E-state index in [0.29, 0.717) is 6.61 Å². The zero-order valence-electron chi connectivity index (χ0n) is 8.60. The summed E-state index contributed by atoms with van der Waals surface area (Å²) in [4.78, 5) is 6.25. The number of nitrogens with zero attached hydrogens (tertiary/aromatic N) is 2. The molecule has 1 rings (SSSR count). The van der Waals surface area contributed by atoms with Crippen LogP contribution in [-0.2, 0) is 6.54 Å². The second-order valence-electron chi connectivity index (χ2n) is 3.26. The third-order valence-corrected chi connectivity index (χ3v) is 1.66. The first kappa shape index (κ1) is 10.9. The van der Waals surface area contributed by atoms with Crippen LogP contribution in [0.15, 0.2) is 18.3 Å². The number of rotatable bonds is 5. The molecule has 0 atom stereocenters. The van der Waals surface area contributed by atoms with Crippen LogP contribution in [0.25, 0.3) is 0 Å². The fraction of sp³-hybridized carbons (Fsp3) is 0.500. The molecule has 0 aliphatic carbocycles. The first-order chi connectivity index (χ1) is 6.74. The van der Waals surface area contributed by atoms with E-state index >= 15 is 0 Å². The van der Waals surface area contributed by atoms with Crippen molar-refractivity contribution >= 4 is 0 Å². The molecule has 0 aliphatic heterocycles. The van der Waals surface area contributed by atoms with Gasteiger partial charge in [-0.15, -0.1) is 0 Å². The number of aliphatic hydroxyl groups excluding tert-OH is 1. The lowest BCUT2D eigenvalue weighted by atomic mass is 10.3. The zero-order valence-corrected chi connectivity index (χ0v) is 8.60. The van der Waals surface area contributed by atoms with E-state index in [0.717, 1.165) is 18.0 Å². The van der Waals surface area contributed by atoms with Crippen molar-refractivity contribution < 1.29 is 9.84 Å². The average molecular weight is 196 g/mol. The van der Waals surface area contributed by atoms with Gasteiger partial charge in [0.15, 0.2) is 0 Å². The Balaban J connectivity index is 2.69. The fourth-order valence-corrected chi connectivity index (χ4v) is 1.13. The highest BCUT2D eigenvalue weighted by Crippen LogP contribution is 2.15. The Labute approximate surface area is 84.1 Å². The van der Waals surface area contributed by atoms with Gasteiger partial charge in [0.25, 0.3) is 0 Å². The minimum absolute atomic E-state index is 0.0241. The van der Waals surface area contributed by atoms with Crippen LogP contribution in [0.1, 0.15) is 5.69 Å². The minimum atomic E-state index is 0.0241. The number of pyridine rings is 1. The van der Waals surface area contributed by atoms with E-state index < -0.39 is 0 Å². The Hall–Kier alpha value is -1.13. The van der Waals surface area contributed by atoms with E-state index in [4.69, 9.17) is 9.84 Å². The molecule has 0 amide bonds. The number of aliphatic hydroxyl groups is 1. The van der Waals surface area contributed by atoms with Crippen LogP contribution in [0.5, 0.6) is 5.75 Å². The SMILES string of the molecule is CN(C)Cc1ncccc1OCCO. The molecule has 0 saturated heterocycles. The first-order valence-electron chi connectivity index (χ1n) is 4.56. The zero-order chi connectivity index (χ0) is 10.4. The van der Waals surface area contributed by atoms with Gasteiger partial charge in [0.2, 0.25) is 0 Å². The quantitative estimate of drug-likeness (QED) is 0.745. The molecule has 4 nitrogen and oxygen atoms in total. The Kier molecular flexibility index (Phi) is 4.35. The molecule has 0 spiro atoms. The van der Waals surface area contributed by atoms with E-state index in [2.05, 4.69) is 4.98 Å². The maximum absolute atomic E-state index is 8.64. The predicted molar refractivity (Wildman–Crippen MR) is 54.2 cm³/mol. The summed E-state index contributed by atoms with van der Waals surface area (Å²) in [5.74, 6) is 0.746. The molecule has 14 heavy (non-hydrogen) atoms. The lowest BCUT2D eigenvalue weighted by molar-refractivity contribution is 0.198. The van der Waals surface area contributed by atoms with Gasteiger partial charge in [0.1, 0.15) is 12.4 Å². The molecular weight excluding hydrogens is 180 g/mol. The smallest absolute Gasteiger partial charge is 0.142 e. The molecule has 0 aromatic carbocycles.